The Hall–Kier alpha value is -1.22. The van der Waals surface area contributed by atoms with Crippen molar-refractivity contribution in [2.75, 3.05) is 7.11 Å². The van der Waals surface area contributed by atoms with E-state index in [9.17, 15) is 0 Å². The van der Waals surface area contributed by atoms with Crippen LogP contribution in [0.1, 0.15) is 39.2 Å². The Labute approximate surface area is 110 Å². The molecule has 0 saturated carbocycles. The lowest BCUT2D eigenvalue weighted by Gasteiger charge is -2.20. The van der Waals surface area contributed by atoms with E-state index in [4.69, 9.17) is 15.2 Å². The minimum absolute atomic E-state index is 0.163. The van der Waals surface area contributed by atoms with Crippen LogP contribution in [0.4, 0.5) is 0 Å². The van der Waals surface area contributed by atoms with Gasteiger partial charge in [0.15, 0.2) is 11.5 Å². The summed E-state index contributed by atoms with van der Waals surface area (Å²) in [5.41, 5.74) is 7.16. The lowest BCUT2D eigenvalue weighted by Crippen LogP contribution is -2.22. The highest BCUT2D eigenvalue weighted by Gasteiger charge is 2.14. The zero-order valence-corrected chi connectivity index (χ0v) is 11.9. The SMILES string of the molecule is CCC(N)Cc1cccc(OC)c1OC(C)CC. The first-order chi connectivity index (χ1) is 8.62. The van der Waals surface area contributed by atoms with E-state index in [1.807, 2.05) is 12.1 Å². The first-order valence-corrected chi connectivity index (χ1v) is 6.70. The third kappa shape index (κ3) is 3.91. The number of para-hydroxylation sites is 1. The molecule has 0 aliphatic heterocycles. The topological polar surface area (TPSA) is 44.5 Å². The Bertz CT molecular complexity index is 366. The third-order valence-corrected chi connectivity index (χ3v) is 3.18. The number of benzene rings is 1. The fourth-order valence-electron chi connectivity index (χ4n) is 1.73. The molecule has 2 unspecified atom stereocenters. The van der Waals surface area contributed by atoms with Gasteiger partial charge in [-0.15, -0.1) is 0 Å². The molecule has 3 heteroatoms. The number of rotatable bonds is 7. The highest BCUT2D eigenvalue weighted by atomic mass is 16.5. The summed E-state index contributed by atoms with van der Waals surface area (Å²) in [7, 11) is 1.67. The first-order valence-electron chi connectivity index (χ1n) is 6.70. The number of ether oxygens (including phenoxy) is 2. The molecule has 2 atom stereocenters. The molecule has 0 heterocycles. The van der Waals surface area contributed by atoms with E-state index < -0.39 is 0 Å². The van der Waals surface area contributed by atoms with Crippen LogP contribution in [0, 0.1) is 0 Å². The molecule has 0 fully saturated rings. The van der Waals surface area contributed by atoms with Crippen LogP contribution in [-0.2, 0) is 6.42 Å². The molecule has 3 nitrogen and oxygen atoms in total. The van der Waals surface area contributed by atoms with E-state index in [0.29, 0.717) is 0 Å². The summed E-state index contributed by atoms with van der Waals surface area (Å²) in [6.07, 6.45) is 2.93. The highest BCUT2D eigenvalue weighted by molar-refractivity contribution is 5.47. The van der Waals surface area contributed by atoms with E-state index in [-0.39, 0.29) is 12.1 Å². The Kier molecular flexibility index (Phi) is 5.99. The fraction of sp³-hybridized carbons (Fsp3) is 0.600. The molecule has 1 aromatic rings. The molecule has 0 aliphatic rings. The Morgan fingerprint density at radius 2 is 1.94 bits per heavy atom. The van der Waals surface area contributed by atoms with Gasteiger partial charge in [0.05, 0.1) is 13.2 Å². The molecule has 0 aromatic heterocycles. The lowest BCUT2D eigenvalue weighted by molar-refractivity contribution is 0.205. The molecular formula is C15H25NO2. The maximum absolute atomic E-state index is 6.03. The molecule has 0 amide bonds. The average Bonchev–Trinajstić information content (AvgIpc) is 2.40. The van der Waals surface area contributed by atoms with Crippen molar-refractivity contribution in [3.05, 3.63) is 23.8 Å². The second-order valence-corrected chi connectivity index (χ2v) is 4.66. The van der Waals surface area contributed by atoms with Crippen molar-refractivity contribution in [3.8, 4) is 11.5 Å². The fourth-order valence-corrected chi connectivity index (χ4v) is 1.73. The summed E-state index contributed by atoms with van der Waals surface area (Å²) in [4.78, 5) is 0. The van der Waals surface area contributed by atoms with Gasteiger partial charge < -0.3 is 15.2 Å². The largest absolute Gasteiger partial charge is 0.493 e. The normalized spacial score (nSPS) is 14.1. The number of hydrogen-bond donors (Lipinski definition) is 1. The van der Waals surface area contributed by atoms with Crippen molar-refractivity contribution in [2.45, 2.75) is 52.2 Å². The van der Waals surface area contributed by atoms with E-state index in [1.165, 1.54) is 0 Å². The standard InChI is InChI=1S/C15H25NO2/c1-5-11(3)18-15-12(10-13(16)6-2)8-7-9-14(15)17-4/h7-9,11,13H,5-6,10,16H2,1-4H3. The number of hydrogen-bond acceptors (Lipinski definition) is 3. The van der Waals surface area contributed by atoms with Gasteiger partial charge >= 0.3 is 0 Å². The van der Waals surface area contributed by atoms with Crippen LogP contribution in [0.3, 0.4) is 0 Å². The van der Waals surface area contributed by atoms with E-state index in [1.54, 1.807) is 7.11 Å². The van der Waals surface area contributed by atoms with Crippen molar-refractivity contribution in [1.82, 2.24) is 0 Å². The second-order valence-electron chi connectivity index (χ2n) is 4.66. The van der Waals surface area contributed by atoms with Crippen LogP contribution in [-0.4, -0.2) is 19.3 Å². The van der Waals surface area contributed by atoms with Gasteiger partial charge in [0.25, 0.3) is 0 Å². The van der Waals surface area contributed by atoms with E-state index in [2.05, 4.69) is 26.8 Å². The molecule has 1 aromatic carbocycles. The molecular weight excluding hydrogens is 226 g/mol. The Morgan fingerprint density at radius 1 is 1.22 bits per heavy atom. The molecule has 0 spiro atoms. The zero-order chi connectivity index (χ0) is 13.5. The van der Waals surface area contributed by atoms with Crippen molar-refractivity contribution < 1.29 is 9.47 Å². The van der Waals surface area contributed by atoms with Gasteiger partial charge in [0, 0.05) is 6.04 Å². The van der Waals surface area contributed by atoms with Crippen LogP contribution in [0.2, 0.25) is 0 Å². The molecule has 0 bridgehead atoms. The van der Waals surface area contributed by atoms with Crippen LogP contribution in [0.25, 0.3) is 0 Å². The summed E-state index contributed by atoms with van der Waals surface area (Å²) in [6.45, 7) is 6.27. The minimum atomic E-state index is 0.163. The average molecular weight is 251 g/mol. The van der Waals surface area contributed by atoms with Crippen molar-refractivity contribution >= 4 is 0 Å². The molecule has 18 heavy (non-hydrogen) atoms. The molecule has 0 saturated heterocycles. The summed E-state index contributed by atoms with van der Waals surface area (Å²) in [6, 6.07) is 6.14. The predicted octanol–water partition coefficient (Wildman–Crippen LogP) is 3.15. The number of methoxy groups -OCH3 is 1. The van der Waals surface area contributed by atoms with Crippen molar-refractivity contribution in [2.24, 2.45) is 5.73 Å². The quantitative estimate of drug-likeness (QED) is 0.809. The summed E-state index contributed by atoms with van der Waals surface area (Å²) in [5.74, 6) is 1.63. The van der Waals surface area contributed by atoms with Crippen LogP contribution in [0.15, 0.2) is 18.2 Å². The minimum Gasteiger partial charge on any atom is -0.493 e. The maximum Gasteiger partial charge on any atom is 0.164 e. The van der Waals surface area contributed by atoms with E-state index in [0.717, 1.165) is 36.3 Å². The Morgan fingerprint density at radius 3 is 2.50 bits per heavy atom. The second kappa shape index (κ2) is 7.27. The summed E-state index contributed by atoms with van der Waals surface area (Å²) < 4.78 is 11.4. The van der Waals surface area contributed by atoms with Gasteiger partial charge in [-0.1, -0.05) is 26.0 Å². The van der Waals surface area contributed by atoms with Gasteiger partial charge in [-0.05, 0) is 37.8 Å². The molecule has 0 aliphatic carbocycles. The predicted molar refractivity (Wildman–Crippen MR) is 75.3 cm³/mol. The number of nitrogens with two attached hydrogens (primary N) is 1. The first kappa shape index (κ1) is 14.8. The highest BCUT2D eigenvalue weighted by Crippen LogP contribution is 2.33. The summed E-state index contributed by atoms with van der Waals surface area (Å²) in [5, 5.41) is 0. The summed E-state index contributed by atoms with van der Waals surface area (Å²) >= 11 is 0. The maximum atomic E-state index is 6.03. The van der Waals surface area contributed by atoms with Gasteiger partial charge in [-0.25, -0.2) is 0 Å². The zero-order valence-electron chi connectivity index (χ0n) is 11.9. The van der Waals surface area contributed by atoms with Gasteiger partial charge in [0.2, 0.25) is 0 Å². The van der Waals surface area contributed by atoms with E-state index >= 15 is 0 Å². The Balaban J connectivity index is 3.00. The monoisotopic (exact) mass is 251 g/mol. The third-order valence-electron chi connectivity index (χ3n) is 3.18. The van der Waals surface area contributed by atoms with Crippen molar-refractivity contribution in [3.63, 3.8) is 0 Å². The lowest BCUT2D eigenvalue weighted by atomic mass is 10.0. The van der Waals surface area contributed by atoms with Gasteiger partial charge in [-0.3, -0.25) is 0 Å². The van der Waals surface area contributed by atoms with Gasteiger partial charge in [-0.2, -0.15) is 0 Å². The molecule has 102 valence electrons. The molecule has 2 N–H and O–H groups in total. The van der Waals surface area contributed by atoms with Crippen LogP contribution >= 0.6 is 0 Å². The van der Waals surface area contributed by atoms with Gasteiger partial charge in [0.1, 0.15) is 0 Å². The van der Waals surface area contributed by atoms with Crippen LogP contribution in [0.5, 0.6) is 11.5 Å². The van der Waals surface area contributed by atoms with Crippen LogP contribution < -0.4 is 15.2 Å². The molecule has 0 radical (unpaired) electrons. The molecule has 1 rings (SSSR count). The van der Waals surface area contributed by atoms with Crippen molar-refractivity contribution in [1.29, 1.82) is 0 Å². The smallest absolute Gasteiger partial charge is 0.164 e.